The number of benzene rings is 2. The molecular weight excluding hydrogens is 314 g/mol. The minimum Gasteiger partial charge on any atom is -0.494 e. The molecule has 0 spiro atoms. The van der Waals surface area contributed by atoms with Crippen molar-refractivity contribution in [2.24, 2.45) is 5.73 Å². The number of nitrogens with two attached hydrogens (primary N) is 1. The highest BCUT2D eigenvalue weighted by molar-refractivity contribution is 9.10. The molecule has 0 saturated heterocycles. The smallest absolute Gasteiger partial charge is 0.120 e. The summed E-state index contributed by atoms with van der Waals surface area (Å²) in [7, 11) is 0. The van der Waals surface area contributed by atoms with E-state index in [4.69, 9.17) is 10.5 Å². The molecule has 0 fully saturated rings. The van der Waals surface area contributed by atoms with Crippen molar-refractivity contribution < 1.29 is 4.74 Å². The summed E-state index contributed by atoms with van der Waals surface area (Å²) in [6.45, 7) is 4.80. The topological polar surface area (TPSA) is 35.2 Å². The fourth-order valence-electron chi connectivity index (χ4n) is 2.27. The van der Waals surface area contributed by atoms with Gasteiger partial charge >= 0.3 is 0 Å². The first kappa shape index (κ1) is 15.1. The van der Waals surface area contributed by atoms with Crippen LogP contribution in [0.2, 0.25) is 0 Å². The van der Waals surface area contributed by atoms with Crippen LogP contribution in [-0.4, -0.2) is 6.61 Å². The van der Waals surface area contributed by atoms with E-state index in [0.717, 1.165) is 15.8 Å². The second kappa shape index (κ2) is 6.91. The number of rotatable bonds is 5. The number of hydrogen-bond acceptors (Lipinski definition) is 2. The van der Waals surface area contributed by atoms with Gasteiger partial charge in [0.2, 0.25) is 0 Å². The van der Waals surface area contributed by atoms with E-state index in [1.54, 1.807) is 0 Å². The van der Waals surface area contributed by atoms with E-state index in [2.05, 4.69) is 35.0 Å². The Hall–Kier alpha value is -1.32. The summed E-state index contributed by atoms with van der Waals surface area (Å²) in [5.74, 6) is 1.12. The molecule has 2 nitrogen and oxygen atoms in total. The van der Waals surface area contributed by atoms with Gasteiger partial charge in [-0.1, -0.05) is 59.3 Å². The van der Waals surface area contributed by atoms with E-state index in [0.29, 0.717) is 6.61 Å². The molecule has 0 aliphatic heterocycles. The van der Waals surface area contributed by atoms with E-state index < -0.39 is 0 Å². The summed E-state index contributed by atoms with van der Waals surface area (Å²) in [5.41, 5.74) is 8.78. The second-order valence-electron chi connectivity index (χ2n) is 4.84. The normalized spacial score (nSPS) is 13.8. The number of halogens is 1. The molecule has 2 rings (SSSR count). The Labute approximate surface area is 129 Å². The van der Waals surface area contributed by atoms with Crippen LogP contribution in [-0.2, 0) is 0 Å². The third kappa shape index (κ3) is 3.41. The zero-order valence-corrected chi connectivity index (χ0v) is 13.4. The average Bonchev–Trinajstić information content (AvgIpc) is 2.47. The lowest BCUT2D eigenvalue weighted by atomic mass is 9.89. The number of ether oxygens (including phenoxy) is 1. The van der Waals surface area contributed by atoms with Gasteiger partial charge in [-0.05, 0) is 30.2 Å². The Kier molecular flexibility index (Phi) is 5.21. The molecule has 0 aliphatic carbocycles. The van der Waals surface area contributed by atoms with Crippen molar-refractivity contribution in [2.75, 3.05) is 6.61 Å². The molecule has 20 heavy (non-hydrogen) atoms. The Morgan fingerprint density at radius 1 is 1.15 bits per heavy atom. The minimum absolute atomic E-state index is 0.0533. The lowest BCUT2D eigenvalue weighted by Gasteiger charge is -2.22. The van der Waals surface area contributed by atoms with Gasteiger partial charge in [0, 0.05) is 16.4 Å². The predicted molar refractivity (Wildman–Crippen MR) is 87.1 cm³/mol. The molecule has 0 amide bonds. The zero-order valence-electron chi connectivity index (χ0n) is 11.8. The Balaban J connectivity index is 2.22. The Morgan fingerprint density at radius 2 is 1.85 bits per heavy atom. The van der Waals surface area contributed by atoms with Gasteiger partial charge in [-0.3, -0.25) is 0 Å². The van der Waals surface area contributed by atoms with Crippen molar-refractivity contribution >= 4 is 15.9 Å². The first-order valence-electron chi connectivity index (χ1n) is 6.86. The fourth-order valence-corrected chi connectivity index (χ4v) is 2.89. The minimum atomic E-state index is -0.0533. The van der Waals surface area contributed by atoms with E-state index >= 15 is 0 Å². The van der Waals surface area contributed by atoms with Crippen molar-refractivity contribution in [3.8, 4) is 5.75 Å². The molecule has 3 heteroatoms. The van der Waals surface area contributed by atoms with Crippen LogP contribution in [0, 0.1) is 0 Å². The van der Waals surface area contributed by atoms with Gasteiger partial charge in [-0.2, -0.15) is 0 Å². The summed E-state index contributed by atoms with van der Waals surface area (Å²) in [6.07, 6.45) is 0. The summed E-state index contributed by atoms with van der Waals surface area (Å²) in [5, 5.41) is 0. The van der Waals surface area contributed by atoms with E-state index in [1.807, 2.05) is 43.3 Å². The molecule has 2 unspecified atom stereocenters. The molecule has 0 saturated carbocycles. The van der Waals surface area contributed by atoms with Gasteiger partial charge in [0.1, 0.15) is 5.75 Å². The maximum absolute atomic E-state index is 6.42. The quantitative estimate of drug-likeness (QED) is 0.864. The lowest BCUT2D eigenvalue weighted by Crippen LogP contribution is -2.18. The van der Waals surface area contributed by atoms with E-state index in [9.17, 15) is 0 Å². The molecule has 2 aromatic rings. The van der Waals surface area contributed by atoms with Crippen LogP contribution in [0.25, 0.3) is 0 Å². The predicted octanol–water partition coefficient (Wildman–Crippen LogP) is 4.65. The molecule has 0 aliphatic rings. The van der Waals surface area contributed by atoms with Crippen LogP contribution in [0.5, 0.6) is 5.75 Å². The van der Waals surface area contributed by atoms with Crippen molar-refractivity contribution in [2.45, 2.75) is 25.8 Å². The number of hydrogen-bond donors (Lipinski definition) is 1. The summed E-state index contributed by atoms with van der Waals surface area (Å²) in [4.78, 5) is 0. The highest BCUT2D eigenvalue weighted by Crippen LogP contribution is 2.34. The first-order valence-corrected chi connectivity index (χ1v) is 7.65. The van der Waals surface area contributed by atoms with Crippen LogP contribution in [0.1, 0.15) is 36.9 Å². The average molecular weight is 334 g/mol. The molecule has 0 radical (unpaired) electrons. The second-order valence-corrected chi connectivity index (χ2v) is 5.70. The third-order valence-electron chi connectivity index (χ3n) is 3.51. The summed E-state index contributed by atoms with van der Waals surface area (Å²) >= 11 is 3.60. The molecule has 2 aromatic carbocycles. The monoisotopic (exact) mass is 333 g/mol. The van der Waals surface area contributed by atoms with Gasteiger partial charge < -0.3 is 10.5 Å². The van der Waals surface area contributed by atoms with Crippen molar-refractivity contribution in [3.63, 3.8) is 0 Å². The summed E-state index contributed by atoms with van der Waals surface area (Å²) < 4.78 is 6.49. The van der Waals surface area contributed by atoms with Crippen molar-refractivity contribution in [1.29, 1.82) is 0 Å². The highest BCUT2D eigenvalue weighted by Gasteiger charge is 2.19. The van der Waals surface area contributed by atoms with Gasteiger partial charge in [0.05, 0.1) is 6.61 Å². The van der Waals surface area contributed by atoms with Crippen LogP contribution in [0.3, 0.4) is 0 Å². The van der Waals surface area contributed by atoms with E-state index in [1.165, 1.54) is 5.56 Å². The van der Waals surface area contributed by atoms with Crippen LogP contribution in [0.15, 0.2) is 53.0 Å². The maximum Gasteiger partial charge on any atom is 0.120 e. The largest absolute Gasteiger partial charge is 0.494 e. The first-order chi connectivity index (χ1) is 9.63. The van der Waals surface area contributed by atoms with Gasteiger partial charge in [-0.25, -0.2) is 0 Å². The van der Waals surface area contributed by atoms with Crippen LogP contribution < -0.4 is 10.5 Å². The van der Waals surface area contributed by atoms with Gasteiger partial charge in [-0.15, -0.1) is 0 Å². The molecule has 0 bridgehead atoms. The molecular formula is C17H20BrNO. The molecule has 0 heterocycles. The summed E-state index contributed by atoms with van der Waals surface area (Å²) in [6, 6.07) is 16.3. The highest BCUT2D eigenvalue weighted by atomic mass is 79.9. The maximum atomic E-state index is 6.42. The standard InChI is InChI=1S/C17H20BrNO/c1-3-20-14-9-10-15(16(18)11-14)17(19)12(2)13-7-5-4-6-8-13/h4-12,17H,3,19H2,1-2H3. The zero-order chi connectivity index (χ0) is 14.5. The Bertz CT molecular complexity index is 556. The van der Waals surface area contributed by atoms with Crippen molar-refractivity contribution in [3.05, 3.63) is 64.1 Å². The van der Waals surface area contributed by atoms with Crippen LogP contribution in [0.4, 0.5) is 0 Å². The van der Waals surface area contributed by atoms with Gasteiger partial charge in [0.15, 0.2) is 0 Å². The van der Waals surface area contributed by atoms with Crippen LogP contribution >= 0.6 is 15.9 Å². The third-order valence-corrected chi connectivity index (χ3v) is 4.19. The molecule has 2 N–H and O–H groups in total. The van der Waals surface area contributed by atoms with Gasteiger partial charge in [0.25, 0.3) is 0 Å². The van der Waals surface area contributed by atoms with Crippen molar-refractivity contribution in [1.82, 2.24) is 0 Å². The fraction of sp³-hybridized carbons (Fsp3) is 0.294. The molecule has 106 valence electrons. The Morgan fingerprint density at radius 3 is 2.45 bits per heavy atom. The molecule has 2 atom stereocenters. The van der Waals surface area contributed by atoms with E-state index in [-0.39, 0.29) is 12.0 Å². The SMILES string of the molecule is CCOc1ccc(C(N)C(C)c2ccccc2)c(Br)c1. The molecule has 0 aromatic heterocycles. The lowest BCUT2D eigenvalue weighted by molar-refractivity contribution is 0.340.